The van der Waals surface area contributed by atoms with Crippen molar-refractivity contribution in [2.75, 3.05) is 18.0 Å². The Kier molecular flexibility index (Phi) is 5.14. The number of anilines is 1. The molecule has 0 bridgehead atoms. The first-order valence-electron chi connectivity index (χ1n) is 9.38. The number of hydrogen-bond acceptors (Lipinski definition) is 4. The average molecular weight is 361 g/mol. The number of amides is 1. The summed E-state index contributed by atoms with van der Waals surface area (Å²) in [6, 6.07) is 13.8. The van der Waals surface area contributed by atoms with Crippen LogP contribution in [0.3, 0.4) is 0 Å². The maximum absolute atomic E-state index is 12.7. The number of rotatable bonds is 5. The summed E-state index contributed by atoms with van der Waals surface area (Å²) >= 11 is 0. The van der Waals surface area contributed by atoms with Gasteiger partial charge < -0.3 is 10.2 Å². The molecule has 138 valence electrons. The van der Waals surface area contributed by atoms with Gasteiger partial charge in [-0.05, 0) is 37.0 Å². The summed E-state index contributed by atoms with van der Waals surface area (Å²) in [5, 5.41) is 9.97. The number of aromatic amines is 1. The molecule has 27 heavy (non-hydrogen) atoms. The van der Waals surface area contributed by atoms with Crippen molar-refractivity contribution in [3.8, 4) is 11.3 Å². The molecule has 1 aliphatic rings. The van der Waals surface area contributed by atoms with Crippen molar-refractivity contribution in [1.82, 2.24) is 20.5 Å². The second-order valence-electron chi connectivity index (χ2n) is 6.78. The van der Waals surface area contributed by atoms with E-state index in [0.29, 0.717) is 12.1 Å². The van der Waals surface area contributed by atoms with E-state index in [1.165, 1.54) is 19.3 Å². The van der Waals surface area contributed by atoms with Gasteiger partial charge in [0.15, 0.2) is 0 Å². The van der Waals surface area contributed by atoms with Gasteiger partial charge in [0.05, 0.1) is 17.5 Å². The zero-order valence-corrected chi connectivity index (χ0v) is 15.2. The molecule has 1 aromatic carbocycles. The summed E-state index contributed by atoms with van der Waals surface area (Å²) in [6.07, 6.45) is 7.11. The average Bonchev–Trinajstić information content (AvgIpc) is 3.24. The molecule has 3 heterocycles. The van der Waals surface area contributed by atoms with E-state index in [-0.39, 0.29) is 5.91 Å². The first-order chi connectivity index (χ1) is 13.3. The number of hydrogen-bond donors (Lipinski definition) is 2. The standard InChI is InChI=1S/C21H23N5O/c27-21(18-15-24-25-20(18)17-7-3-1-4-8-17)23-14-16-9-10-22-19(13-16)26-11-5-2-6-12-26/h1,3-4,7-10,13,15H,2,5-6,11-12,14H2,(H,23,27)(H,24,25). The number of aromatic nitrogens is 3. The Labute approximate surface area is 158 Å². The van der Waals surface area contributed by atoms with Crippen LogP contribution in [0.4, 0.5) is 5.82 Å². The van der Waals surface area contributed by atoms with Crippen LogP contribution in [-0.4, -0.2) is 34.2 Å². The molecule has 2 aromatic heterocycles. The third kappa shape index (κ3) is 4.00. The van der Waals surface area contributed by atoms with E-state index in [9.17, 15) is 4.79 Å². The Morgan fingerprint density at radius 2 is 1.93 bits per heavy atom. The molecule has 1 saturated heterocycles. The lowest BCUT2D eigenvalue weighted by atomic mass is 10.1. The molecule has 0 atom stereocenters. The van der Waals surface area contributed by atoms with Crippen molar-refractivity contribution >= 4 is 11.7 Å². The second-order valence-corrected chi connectivity index (χ2v) is 6.78. The van der Waals surface area contributed by atoms with Gasteiger partial charge in [0.2, 0.25) is 0 Å². The quantitative estimate of drug-likeness (QED) is 0.730. The fourth-order valence-corrected chi connectivity index (χ4v) is 3.43. The normalized spacial score (nSPS) is 14.1. The minimum absolute atomic E-state index is 0.140. The monoisotopic (exact) mass is 361 g/mol. The van der Waals surface area contributed by atoms with Gasteiger partial charge in [-0.3, -0.25) is 9.89 Å². The summed E-state index contributed by atoms with van der Waals surface area (Å²) in [5.41, 5.74) is 3.27. The molecule has 1 amide bonds. The predicted molar refractivity (Wildman–Crippen MR) is 105 cm³/mol. The Balaban J connectivity index is 1.44. The zero-order valence-electron chi connectivity index (χ0n) is 15.2. The van der Waals surface area contributed by atoms with Gasteiger partial charge in [-0.2, -0.15) is 5.10 Å². The molecule has 3 aromatic rings. The fraction of sp³-hybridized carbons (Fsp3) is 0.286. The van der Waals surface area contributed by atoms with E-state index in [0.717, 1.165) is 35.7 Å². The van der Waals surface area contributed by atoms with Gasteiger partial charge in [-0.1, -0.05) is 30.3 Å². The number of benzene rings is 1. The van der Waals surface area contributed by atoms with Crippen molar-refractivity contribution in [1.29, 1.82) is 0 Å². The number of nitrogens with one attached hydrogen (secondary N) is 2. The van der Waals surface area contributed by atoms with E-state index in [1.807, 2.05) is 42.6 Å². The lowest BCUT2D eigenvalue weighted by Gasteiger charge is -2.27. The first-order valence-corrected chi connectivity index (χ1v) is 9.38. The summed E-state index contributed by atoms with van der Waals surface area (Å²) in [4.78, 5) is 19.5. The van der Waals surface area contributed by atoms with Crippen LogP contribution in [0.15, 0.2) is 54.9 Å². The number of carbonyl (C=O) groups excluding carboxylic acids is 1. The Morgan fingerprint density at radius 1 is 1.11 bits per heavy atom. The molecule has 4 rings (SSSR count). The Morgan fingerprint density at radius 3 is 2.74 bits per heavy atom. The van der Waals surface area contributed by atoms with E-state index >= 15 is 0 Å². The van der Waals surface area contributed by atoms with Crippen molar-refractivity contribution in [2.24, 2.45) is 0 Å². The molecule has 0 radical (unpaired) electrons. The molecule has 2 N–H and O–H groups in total. The largest absolute Gasteiger partial charge is 0.357 e. The Hall–Kier alpha value is -3.15. The highest BCUT2D eigenvalue weighted by atomic mass is 16.1. The zero-order chi connectivity index (χ0) is 18.5. The molecule has 0 aliphatic carbocycles. The lowest BCUT2D eigenvalue weighted by Crippen LogP contribution is -2.30. The second kappa shape index (κ2) is 8.03. The van der Waals surface area contributed by atoms with Crippen LogP contribution in [0.2, 0.25) is 0 Å². The van der Waals surface area contributed by atoms with E-state index < -0.39 is 0 Å². The summed E-state index contributed by atoms with van der Waals surface area (Å²) in [7, 11) is 0. The number of piperidine rings is 1. The molecule has 1 aliphatic heterocycles. The van der Waals surface area contributed by atoms with Crippen LogP contribution in [0.25, 0.3) is 11.3 Å². The van der Waals surface area contributed by atoms with Gasteiger partial charge in [0, 0.05) is 31.4 Å². The first kappa shape index (κ1) is 17.3. The number of carbonyl (C=O) groups is 1. The summed E-state index contributed by atoms with van der Waals surface area (Å²) in [6.45, 7) is 2.57. The molecule has 0 saturated carbocycles. The molecule has 0 unspecified atom stereocenters. The molecular weight excluding hydrogens is 338 g/mol. The van der Waals surface area contributed by atoms with Crippen molar-refractivity contribution < 1.29 is 4.79 Å². The van der Waals surface area contributed by atoms with Crippen molar-refractivity contribution in [3.05, 3.63) is 66.0 Å². The number of H-pyrrole nitrogens is 1. The topological polar surface area (TPSA) is 73.9 Å². The van der Waals surface area contributed by atoms with Crippen molar-refractivity contribution in [3.63, 3.8) is 0 Å². The molecule has 6 heteroatoms. The van der Waals surface area contributed by atoms with Crippen LogP contribution < -0.4 is 10.2 Å². The number of nitrogens with zero attached hydrogens (tertiary/aromatic N) is 3. The van der Waals surface area contributed by atoms with Crippen molar-refractivity contribution in [2.45, 2.75) is 25.8 Å². The molecule has 6 nitrogen and oxygen atoms in total. The van der Waals surface area contributed by atoms with Crippen LogP contribution in [0.1, 0.15) is 35.2 Å². The van der Waals surface area contributed by atoms with Gasteiger partial charge in [-0.25, -0.2) is 4.98 Å². The van der Waals surface area contributed by atoms with Crippen LogP contribution in [0, 0.1) is 0 Å². The van der Waals surface area contributed by atoms with Crippen LogP contribution in [-0.2, 0) is 6.54 Å². The van der Waals surface area contributed by atoms with Gasteiger partial charge in [-0.15, -0.1) is 0 Å². The van der Waals surface area contributed by atoms with Gasteiger partial charge in [0.1, 0.15) is 5.82 Å². The lowest BCUT2D eigenvalue weighted by molar-refractivity contribution is 0.0951. The molecular formula is C21H23N5O. The Bertz CT molecular complexity index is 900. The molecule has 1 fully saturated rings. The minimum atomic E-state index is -0.140. The molecule has 0 spiro atoms. The van der Waals surface area contributed by atoms with E-state index in [2.05, 4.69) is 31.5 Å². The predicted octanol–water partition coefficient (Wildman–Crippen LogP) is 3.39. The third-order valence-electron chi connectivity index (χ3n) is 4.89. The van der Waals surface area contributed by atoms with Crippen LogP contribution in [0.5, 0.6) is 0 Å². The summed E-state index contributed by atoms with van der Waals surface area (Å²) < 4.78 is 0. The highest BCUT2D eigenvalue weighted by Gasteiger charge is 2.16. The third-order valence-corrected chi connectivity index (χ3v) is 4.89. The smallest absolute Gasteiger partial charge is 0.255 e. The summed E-state index contributed by atoms with van der Waals surface area (Å²) in [5.74, 6) is 0.855. The highest BCUT2D eigenvalue weighted by Crippen LogP contribution is 2.21. The van der Waals surface area contributed by atoms with Gasteiger partial charge in [0.25, 0.3) is 5.91 Å². The number of pyridine rings is 1. The SMILES string of the molecule is O=C(NCc1ccnc(N2CCCCC2)c1)c1cn[nH]c1-c1ccccc1. The van der Waals surface area contributed by atoms with E-state index in [1.54, 1.807) is 6.20 Å². The maximum Gasteiger partial charge on any atom is 0.255 e. The van der Waals surface area contributed by atoms with Gasteiger partial charge >= 0.3 is 0 Å². The minimum Gasteiger partial charge on any atom is -0.357 e. The fourth-order valence-electron chi connectivity index (χ4n) is 3.43. The van der Waals surface area contributed by atoms with E-state index in [4.69, 9.17) is 0 Å². The van der Waals surface area contributed by atoms with Crippen LogP contribution >= 0.6 is 0 Å². The maximum atomic E-state index is 12.7. The highest BCUT2D eigenvalue weighted by molar-refractivity contribution is 5.99.